The number of carbonyl (C=O) groups is 1. The van der Waals surface area contributed by atoms with E-state index in [1.54, 1.807) is 0 Å². The second-order valence-electron chi connectivity index (χ2n) is 6.68. The first-order valence-corrected chi connectivity index (χ1v) is 9.13. The first kappa shape index (κ1) is 23.1. The van der Waals surface area contributed by atoms with Crippen LogP contribution in [0.3, 0.4) is 0 Å². The minimum absolute atomic E-state index is 0.0478. The Hall–Kier alpha value is -3.19. The van der Waals surface area contributed by atoms with Crippen LogP contribution in [0.2, 0.25) is 0 Å². The summed E-state index contributed by atoms with van der Waals surface area (Å²) in [7, 11) is 2.78. The normalized spacial score (nSPS) is 10.9. The van der Waals surface area contributed by atoms with Gasteiger partial charge in [0.05, 0.1) is 7.11 Å². The summed E-state index contributed by atoms with van der Waals surface area (Å²) >= 11 is 0. The van der Waals surface area contributed by atoms with Gasteiger partial charge in [0.1, 0.15) is 34.4 Å². The van der Waals surface area contributed by atoms with Crippen LogP contribution in [0.4, 0.5) is 8.78 Å². The number of allylic oxidation sites excluding steroid dienone is 3. The molecule has 0 atom stereocenters. The topological polar surface area (TPSA) is 65.0 Å². The van der Waals surface area contributed by atoms with E-state index in [1.807, 2.05) is 19.9 Å². The predicted octanol–water partition coefficient (Wildman–Crippen LogP) is 5.07. The highest BCUT2D eigenvalue weighted by Gasteiger charge is 2.24. The van der Waals surface area contributed by atoms with Gasteiger partial charge in [-0.3, -0.25) is 4.79 Å². The van der Waals surface area contributed by atoms with E-state index in [-0.39, 0.29) is 35.2 Å². The minimum Gasteiger partial charge on any atom is -0.507 e. The van der Waals surface area contributed by atoms with Crippen molar-refractivity contribution in [2.45, 2.75) is 20.3 Å². The summed E-state index contributed by atoms with van der Waals surface area (Å²) in [6, 6.07) is 4.38. The molecule has 0 unspecified atom stereocenters. The summed E-state index contributed by atoms with van der Waals surface area (Å²) in [6.45, 7) is 3.65. The van der Waals surface area contributed by atoms with Crippen molar-refractivity contribution in [2.75, 3.05) is 21.0 Å². The second kappa shape index (κ2) is 10.5. The predicted molar refractivity (Wildman–Crippen MR) is 110 cm³/mol. The Bertz CT molecular complexity index is 976. The minimum atomic E-state index is -0.795. The molecule has 0 saturated carbocycles. The van der Waals surface area contributed by atoms with Crippen LogP contribution in [0.15, 0.2) is 42.0 Å². The molecule has 0 aliphatic rings. The number of carbonyl (C=O) groups excluding carboxylic acids is 1. The van der Waals surface area contributed by atoms with Crippen molar-refractivity contribution in [2.24, 2.45) is 0 Å². The summed E-state index contributed by atoms with van der Waals surface area (Å²) in [5.41, 5.74) is 1.51. The van der Waals surface area contributed by atoms with Crippen molar-refractivity contribution in [3.05, 3.63) is 70.3 Å². The number of benzene rings is 2. The zero-order valence-corrected chi connectivity index (χ0v) is 17.3. The molecule has 0 bridgehead atoms. The van der Waals surface area contributed by atoms with E-state index < -0.39 is 17.4 Å². The first-order valence-electron chi connectivity index (χ1n) is 9.13. The van der Waals surface area contributed by atoms with Crippen LogP contribution in [0.25, 0.3) is 6.08 Å². The van der Waals surface area contributed by atoms with Gasteiger partial charge >= 0.3 is 0 Å². The Morgan fingerprint density at radius 3 is 2.50 bits per heavy atom. The quantitative estimate of drug-likeness (QED) is 0.267. The van der Waals surface area contributed by atoms with Crippen LogP contribution < -0.4 is 9.47 Å². The Morgan fingerprint density at radius 2 is 1.90 bits per heavy atom. The summed E-state index contributed by atoms with van der Waals surface area (Å²) in [6.07, 6.45) is 4.56. The fourth-order valence-electron chi connectivity index (χ4n) is 2.72. The standard InChI is InChI=1S/C23H24F2O5/c1-14(2)5-9-17-20(27)12-21(29-4)22(23(17)30-13-28-3)19(26)10-7-15-6-8-16(24)11-18(15)25/h5-8,10-12,27H,9,13H2,1-4H3/b10-7+. The van der Waals surface area contributed by atoms with Gasteiger partial charge in [-0.15, -0.1) is 0 Å². The van der Waals surface area contributed by atoms with E-state index >= 15 is 0 Å². The molecule has 0 spiro atoms. The number of ketones is 1. The summed E-state index contributed by atoms with van der Waals surface area (Å²) in [4.78, 5) is 13.0. The molecule has 0 fully saturated rings. The lowest BCUT2D eigenvalue weighted by Gasteiger charge is -2.18. The van der Waals surface area contributed by atoms with Crippen molar-refractivity contribution < 1.29 is 32.9 Å². The molecule has 2 aromatic rings. The maximum absolute atomic E-state index is 13.9. The SMILES string of the molecule is COCOc1c(CC=C(C)C)c(O)cc(OC)c1C(=O)/C=C/c1ccc(F)cc1F. The van der Waals surface area contributed by atoms with Gasteiger partial charge in [0.25, 0.3) is 0 Å². The van der Waals surface area contributed by atoms with Crippen molar-refractivity contribution >= 4 is 11.9 Å². The van der Waals surface area contributed by atoms with Gasteiger partial charge in [0, 0.05) is 30.4 Å². The Morgan fingerprint density at radius 1 is 1.17 bits per heavy atom. The van der Waals surface area contributed by atoms with Gasteiger partial charge < -0.3 is 19.3 Å². The van der Waals surface area contributed by atoms with E-state index in [2.05, 4.69) is 0 Å². The van der Waals surface area contributed by atoms with E-state index in [1.165, 1.54) is 32.4 Å². The molecule has 0 aliphatic carbocycles. The van der Waals surface area contributed by atoms with Crippen LogP contribution in [0.5, 0.6) is 17.2 Å². The number of phenolic OH excluding ortho intramolecular Hbond substituents is 1. The van der Waals surface area contributed by atoms with Gasteiger partial charge in [-0.1, -0.05) is 11.6 Å². The monoisotopic (exact) mass is 418 g/mol. The first-order chi connectivity index (χ1) is 14.3. The lowest BCUT2D eigenvalue weighted by molar-refractivity contribution is 0.0494. The summed E-state index contributed by atoms with van der Waals surface area (Å²) in [5.74, 6) is -1.94. The molecular weight excluding hydrogens is 394 g/mol. The molecule has 2 aromatic carbocycles. The molecule has 0 radical (unpaired) electrons. The second-order valence-corrected chi connectivity index (χ2v) is 6.68. The van der Waals surface area contributed by atoms with E-state index in [9.17, 15) is 18.7 Å². The van der Waals surface area contributed by atoms with Crippen LogP contribution in [-0.4, -0.2) is 31.9 Å². The molecule has 0 amide bonds. The molecule has 160 valence electrons. The fraction of sp³-hybridized carbons (Fsp3) is 0.261. The zero-order valence-electron chi connectivity index (χ0n) is 17.3. The van der Waals surface area contributed by atoms with E-state index in [0.29, 0.717) is 12.0 Å². The van der Waals surface area contributed by atoms with Gasteiger partial charge in [-0.2, -0.15) is 0 Å². The lowest BCUT2D eigenvalue weighted by atomic mass is 9.99. The number of methoxy groups -OCH3 is 2. The number of rotatable bonds is 9. The molecule has 7 heteroatoms. The molecule has 0 heterocycles. The number of aromatic hydroxyl groups is 1. The smallest absolute Gasteiger partial charge is 0.193 e. The molecule has 0 saturated heterocycles. The highest BCUT2D eigenvalue weighted by atomic mass is 19.1. The van der Waals surface area contributed by atoms with Crippen molar-refractivity contribution in [1.82, 2.24) is 0 Å². The highest BCUT2D eigenvalue weighted by Crippen LogP contribution is 2.40. The van der Waals surface area contributed by atoms with E-state index in [0.717, 1.165) is 23.8 Å². The van der Waals surface area contributed by atoms with Crippen molar-refractivity contribution in [3.8, 4) is 17.2 Å². The van der Waals surface area contributed by atoms with E-state index in [4.69, 9.17) is 14.2 Å². The Labute approximate surface area is 174 Å². The summed E-state index contributed by atoms with van der Waals surface area (Å²) < 4.78 is 42.8. The number of halogens is 2. The molecule has 1 N–H and O–H groups in total. The van der Waals surface area contributed by atoms with Gasteiger partial charge in [-0.05, 0) is 44.6 Å². The maximum atomic E-state index is 13.9. The van der Waals surface area contributed by atoms with Crippen LogP contribution in [0.1, 0.15) is 35.3 Å². The van der Waals surface area contributed by atoms with Crippen molar-refractivity contribution in [3.63, 3.8) is 0 Å². The van der Waals surface area contributed by atoms with Crippen LogP contribution in [-0.2, 0) is 11.2 Å². The molecule has 0 aliphatic heterocycles. The largest absolute Gasteiger partial charge is 0.507 e. The van der Waals surface area contributed by atoms with Gasteiger partial charge in [-0.25, -0.2) is 8.78 Å². The third kappa shape index (κ3) is 5.67. The number of hydrogen-bond donors (Lipinski definition) is 1. The van der Waals surface area contributed by atoms with Gasteiger partial charge in [0.2, 0.25) is 0 Å². The third-order valence-electron chi connectivity index (χ3n) is 4.20. The molecule has 30 heavy (non-hydrogen) atoms. The third-order valence-corrected chi connectivity index (χ3v) is 4.20. The number of phenols is 1. The molecular formula is C23H24F2O5. The zero-order chi connectivity index (χ0) is 22.3. The lowest BCUT2D eigenvalue weighted by Crippen LogP contribution is -2.09. The highest BCUT2D eigenvalue weighted by molar-refractivity contribution is 6.11. The Balaban J connectivity index is 2.56. The van der Waals surface area contributed by atoms with Crippen LogP contribution in [0, 0.1) is 11.6 Å². The Kier molecular flexibility index (Phi) is 8.12. The molecule has 2 rings (SSSR count). The van der Waals surface area contributed by atoms with Crippen molar-refractivity contribution in [1.29, 1.82) is 0 Å². The number of ether oxygens (including phenoxy) is 3. The number of hydrogen-bond acceptors (Lipinski definition) is 5. The molecule has 5 nitrogen and oxygen atoms in total. The molecule has 0 aromatic heterocycles. The fourth-order valence-corrected chi connectivity index (χ4v) is 2.72. The van der Waals surface area contributed by atoms with Gasteiger partial charge in [0.15, 0.2) is 12.6 Å². The summed E-state index contributed by atoms with van der Waals surface area (Å²) in [5, 5.41) is 10.4. The average molecular weight is 418 g/mol. The van der Waals surface area contributed by atoms with Crippen LogP contribution >= 0.6 is 0 Å². The average Bonchev–Trinajstić information content (AvgIpc) is 2.69. The maximum Gasteiger partial charge on any atom is 0.193 e.